The van der Waals surface area contributed by atoms with Gasteiger partial charge in [0.2, 0.25) is 0 Å². The molecule has 0 aromatic heterocycles. The first-order valence-corrected chi connectivity index (χ1v) is 10.9. The largest absolute Gasteiger partial charge is 0.252 e. The Morgan fingerprint density at radius 2 is 0.708 bits per heavy atom. The fourth-order valence-electron chi connectivity index (χ4n) is 4.65. The molecule has 140 valence electrons. The van der Waals surface area contributed by atoms with Gasteiger partial charge < -0.3 is 0 Å². The molecule has 2 N–H and O–H groups in total. The van der Waals surface area contributed by atoms with Crippen LogP contribution in [-0.2, 0) is 0 Å². The minimum absolute atomic E-state index is 0.732. The number of rotatable bonds is 4. The van der Waals surface area contributed by atoms with Crippen molar-refractivity contribution in [1.82, 2.24) is 20.9 Å². The first kappa shape index (κ1) is 18.6. The monoisotopic (exact) mass is 336 g/mol. The SMILES string of the molecule is C1CCCC(NN2CCN(NC3CCCCCCC3)CC2)CCC1. The summed E-state index contributed by atoms with van der Waals surface area (Å²) in [5.74, 6) is 0. The highest BCUT2D eigenvalue weighted by atomic mass is 15.6. The van der Waals surface area contributed by atoms with Crippen LogP contribution in [0.25, 0.3) is 0 Å². The van der Waals surface area contributed by atoms with Crippen LogP contribution in [0.3, 0.4) is 0 Å². The van der Waals surface area contributed by atoms with Gasteiger partial charge in [-0.25, -0.2) is 10.0 Å². The molecule has 24 heavy (non-hydrogen) atoms. The van der Waals surface area contributed by atoms with Gasteiger partial charge in [0.05, 0.1) is 0 Å². The van der Waals surface area contributed by atoms with Crippen molar-refractivity contribution in [2.45, 2.75) is 102 Å². The van der Waals surface area contributed by atoms with E-state index in [-0.39, 0.29) is 0 Å². The summed E-state index contributed by atoms with van der Waals surface area (Å²) in [6.45, 7) is 4.65. The zero-order valence-electron chi connectivity index (χ0n) is 15.8. The van der Waals surface area contributed by atoms with Crippen molar-refractivity contribution in [1.29, 1.82) is 0 Å². The highest BCUT2D eigenvalue weighted by Gasteiger charge is 2.22. The van der Waals surface area contributed by atoms with Crippen molar-refractivity contribution in [3.8, 4) is 0 Å². The molecule has 0 spiro atoms. The van der Waals surface area contributed by atoms with Gasteiger partial charge in [0.1, 0.15) is 0 Å². The van der Waals surface area contributed by atoms with E-state index in [2.05, 4.69) is 20.9 Å². The molecule has 2 aliphatic carbocycles. The molecule has 0 bridgehead atoms. The molecule has 0 radical (unpaired) electrons. The molecule has 1 saturated heterocycles. The Morgan fingerprint density at radius 3 is 1.04 bits per heavy atom. The molecule has 1 aliphatic heterocycles. The number of piperazine rings is 1. The van der Waals surface area contributed by atoms with Gasteiger partial charge in [-0.1, -0.05) is 64.2 Å². The Bertz CT molecular complexity index is 280. The first-order valence-electron chi connectivity index (χ1n) is 10.9. The van der Waals surface area contributed by atoms with Crippen LogP contribution in [0.4, 0.5) is 0 Å². The highest BCUT2D eigenvalue weighted by Crippen LogP contribution is 2.19. The van der Waals surface area contributed by atoms with Crippen molar-refractivity contribution in [3.63, 3.8) is 0 Å². The first-order chi connectivity index (χ1) is 11.9. The quantitative estimate of drug-likeness (QED) is 0.816. The Hall–Kier alpha value is -0.160. The van der Waals surface area contributed by atoms with Crippen molar-refractivity contribution >= 4 is 0 Å². The Morgan fingerprint density at radius 1 is 0.417 bits per heavy atom. The summed E-state index contributed by atoms with van der Waals surface area (Å²) in [7, 11) is 0. The fourth-order valence-corrected chi connectivity index (χ4v) is 4.65. The molecular weight excluding hydrogens is 296 g/mol. The Labute approximate surface area is 149 Å². The molecule has 0 aromatic carbocycles. The van der Waals surface area contributed by atoms with E-state index in [1.807, 2.05) is 0 Å². The third-order valence-corrected chi connectivity index (χ3v) is 6.22. The molecule has 0 amide bonds. The summed E-state index contributed by atoms with van der Waals surface area (Å²) in [6, 6.07) is 1.46. The number of nitrogens with zero attached hydrogens (tertiary/aromatic N) is 2. The third-order valence-electron chi connectivity index (χ3n) is 6.22. The van der Waals surface area contributed by atoms with E-state index in [1.165, 1.54) is 89.9 Å². The predicted octanol–water partition coefficient (Wildman–Crippen LogP) is 3.84. The average molecular weight is 337 g/mol. The lowest BCUT2D eigenvalue weighted by Crippen LogP contribution is -2.59. The summed E-state index contributed by atoms with van der Waals surface area (Å²) in [5, 5.41) is 5.01. The molecule has 0 aromatic rings. The van der Waals surface area contributed by atoms with Gasteiger partial charge >= 0.3 is 0 Å². The third kappa shape index (κ3) is 6.62. The number of hydrogen-bond donors (Lipinski definition) is 2. The average Bonchev–Trinajstić information content (AvgIpc) is 2.54. The molecule has 2 saturated carbocycles. The van der Waals surface area contributed by atoms with Gasteiger partial charge in [0.15, 0.2) is 0 Å². The second-order valence-corrected chi connectivity index (χ2v) is 8.32. The van der Waals surface area contributed by atoms with Crippen molar-refractivity contribution in [2.24, 2.45) is 0 Å². The molecule has 3 rings (SSSR count). The maximum absolute atomic E-state index is 3.85. The standard InChI is InChI=1S/C20H40N4/c1-3-7-11-19(12-8-4-1)21-23-15-17-24(18-16-23)22-20-13-9-5-2-6-10-14-20/h19-22H,1-18H2. The van der Waals surface area contributed by atoms with Crippen LogP contribution >= 0.6 is 0 Å². The summed E-state index contributed by atoms with van der Waals surface area (Å²) in [4.78, 5) is 0. The molecule has 4 heteroatoms. The summed E-state index contributed by atoms with van der Waals surface area (Å²) >= 11 is 0. The van der Waals surface area contributed by atoms with Crippen LogP contribution in [0.2, 0.25) is 0 Å². The topological polar surface area (TPSA) is 30.5 Å². The van der Waals surface area contributed by atoms with E-state index < -0.39 is 0 Å². The van der Waals surface area contributed by atoms with Crippen molar-refractivity contribution in [3.05, 3.63) is 0 Å². The number of nitrogens with one attached hydrogen (secondary N) is 2. The van der Waals surface area contributed by atoms with Crippen LogP contribution in [0, 0.1) is 0 Å². The summed E-state index contributed by atoms with van der Waals surface area (Å²) in [6.07, 6.45) is 19.9. The minimum Gasteiger partial charge on any atom is -0.252 e. The normalized spacial score (nSPS) is 28.0. The van der Waals surface area contributed by atoms with E-state index in [0.29, 0.717) is 0 Å². The van der Waals surface area contributed by atoms with Gasteiger partial charge in [0, 0.05) is 38.3 Å². The molecule has 3 fully saturated rings. The Kier molecular flexibility index (Phi) is 8.34. The lowest BCUT2D eigenvalue weighted by Gasteiger charge is -2.39. The van der Waals surface area contributed by atoms with E-state index in [4.69, 9.17) is 0 Å². The second-order valence-electron chi connectivity index (χ2n) is 8.32. The van der Waals surface area contributed by atoms with Crippen LogP contribution in [0.15, 0.2) is 0 Å². The Balaban J connectivity index is 1.34. The van der Waals surface area contributed by atoms with Crippen LogP contribution in [0.5, 0.6) is 0 Å². The molecular formula is C20H40N4. The molecule has 0 unspecified atom stereocenters. The lowest BCUT2D eigenvalue weighted by molar-refractivity contribution is 0.0315. The molecule has 1 heterocycles. The van der Waals surface area contributed by atoms with Crippen LogP contribution in [-0.4, -0.2) is 48.3 Å². The predicted molar refractivity (Wildman–Crippen MR) is 102 cm³/mol. The minimum atomic E-state index is 0.732. The van der Waals surface area contributed by atoms with Crippen molar-refractivity contribution < 1.29 is 0 Å². The number of hydrazine groups is 2. The fraction of sp³-hybridized carbons (Fsp3) is 1.00. The summed E-state index contributed by atoms with van der Waals surface area (Å²) < 4.78 is 0. The van der Waals surface area contributed by atoms with Gasteiger partial charge in [-0.3, -0.25) is 10.9 Å². The van der Waals surface area contributed by atoms with Gasteiger partial charge in [-0.2, -0.15) is 0 Å². The molecule has 4 nitrogen and oxygen atoms in total. The van der Waals surface area contributed by atoms with Crippen LogP contribution < -0.4 is 10.9 Å². The van der Waals surface area contributed by atoms with Crippen LogP contribution in [0.1, 0.15) is 89.9 Å². The molecule has 3 aliphatic rings. The van der Waals surface area contributed by atoms with E-state index >= 15 is 0 Å². The maximum Gasteiger partial charge on any atom is 0.0273 e. The van der Waals surface area contributed by atoms with Gasteiger partial charge in [0.25, 0.3) is 0 Å². The summed E-state index contributed by atoms with van der Waals surface area (Å²) in [5.41, 5.74) is 7.69. The van der Waals surface area contributed by atoms with Crippen molar-refractivity contribution in [2.75, 3.05) is 26.2 Å². The molecule has 0 atom stereocenters. The smallest absolute Gasteiger partial charge is 0.0273 e. The second kappa shape index (κ2) is 10.7. The zero-order valence-corrected chi connectivity index (χ0v) is 15.8. The van der Waals surface area contributed by atoms with Gasteiger partial charge in [-0.05, 0) is 25.7 Å². The lowest BCUT2D eigenvalue weighted by atomic mass is 9.97. The van der Waals surface area contributed by atoms with E-state index in [1.54, 1.807) is 0 Å². The number of hydrogen-bond acceptors (Lipinski definition) is 4. The van der Waals surface area contributed by atoms with E-state index in [0.717, 1.165) is 38.3 Å². The highest BCUT2D eigenvalue weighted by molar-refractivity contribution is 4.75. The zero-order chi connectivity index (χ0) is 16.5. The van der Waals surface area contributed by atoms with Gasteiger partial charge in [-0.15, -0.1) is 0 Å². The maximum atomic E-state index is 3.85. The van der Waals surface area contributed by atoms with E-state index in [9.17, 15) is 0 Å².